The molecule has 0 atom stereocenters. The highest BCUT2D eigenvalue weighted by Gasteiger charge is 2.23. The Labute approximate surface area is 195 Å². The molecule has 0 amide bonds. The highest BCUT2D eigenvalue weighted by molar-refractivity contribution is 6.34. The van der Waals surface area contributed by atoms with Crippen molar-refractivity contribution in [3.63, 3.8) is 0 Å². The zero-order valence-corrected chi connectivity index (χ0v) is 19.4. The van der Waals surface area contributed by atoms with Crippen LogP contribution in [0.5, 0.6) is 11.5 Å². The molecule has 8 nitrogen and oxygen atoms in total. The van der Waals surface area contributed by atoms with Crippen molar-refractivity contribution in [1.29, 1.82) is 0 Å². The van der Waals surface area contributed by atoms with Crippen molar-refractivity contribution < 1.29 is 18.3 Å². The number of likely N-dealkylation sites (N-methyl/N-ethyl adjacent to an activating group) is 1. The molecule has 0 aliphatic carbocycles. The van der Waals surface area contributed by atoms with Crippen LogP contribution in [0.1, 0.15) is 0 Å². The van der Waals surface area contributed by atoms with Gasteiger partial charge in [-0.2, -0.15) is 0 Å². The molecule has 1 saturated heterocycles. The topological polar surface area (TPSA) is 75.6 Å². The van der Waals surface area contributed by atoms with Gasteiger partial charge in [-0.25, -0.2) is 23.7 Å². The second kappa shape index (κ2) is 9.98. The molecule has 3 aromatic rings. The van der Waals surface area contributed by atoms with Gasteiger partial charge in [0.25, 0.3) is 0 Å². The molecule has 2 aromatic heterocycles. The van der Waals surface area contributed by atoms with E-state index in [1.54, 1.807) is 6.20 Å². The summed E-state index contributed by atoms with van der Waals surface area (Å²) in [6.07, 6.45) is 1.55. The Morgan fingerprint density at radius 2 is 1.70 bits per heavy atom. The number of halogens is 3. The molecule has 11 heteroatoms. The highest BCUT2D eigenvalue weighted by atomic mass is 35.5. The van der Waals surface area contributed by atoms with Gasteiger partial charge in [-0.05, 0) is 13.1 Å². The molecular weight excluding hydrogens is 454 g/mol. The molecular formula is C22H25ClF2N6O2. The number of piperazine rings is 1. The van der Waals surface area contributed by atoms with Crippen molar-refractivity contribution in [2.75, 3.05) is 65.9 Å². The van der Waals surface area contributed by atoms with Crippen LogP contribution in [-0.2, 0) is 0 Å². The van der Waals surface area contributed by atoms with Gasteiger partial charge in [0.05, 0.1) is 25.5 Å². The first-order valence-corrected chi connectivity index (χ1v) is 10.9. The lowest BCUT2D eigenvalue weighted by atomic mass is 10.1. The summed E-state index contributed by atoms with van der Waals surface area (Å²) < 4.78 is 39.8. The number of anilines is 1. The third-order valence-electron chi connectivity index (χ3n) is 5.66. The van der Waals surface area contributed by atoms with Crippen molar-refractivity contribution in [1.82, 2.24) is 24.8 Å². The van der Waals surface area contributed by atoms with E-state index in [4.69, 9.17) is 21.1 Å². The van der Waals surface area contributed by atoms with E-state index in [-0.39, 0.29) is 22.3 Å². The number of methoxy groups -OCH3 is 2. The van der Waals surface area contributed by atoms with Crippen molar-refractivity contribution >= 4 is 28.5 Å². The van der Waals surface area contributed by atoms with Gasteiger partial charge in [-0.1, -0.05) is 11.6 Å². The summed E-state index contributed by atoms with van der Waals surface area (Å²) in [5.41, 5.74) is -0.0309. The maximum atomic E-state index is 14.9. The van der Waals surface area contributed by atoms with Gasteiger partial charge in [0.1, 0.15) is 5.52 Å². The summed E-state index contributed by atoms with van der Waals surface area (Å²) in [4.78, 5) is 17.6. The smallest absolute Gasteiger partial charge is 0.223 e. The third kappa shape index (κ3) is 4.92. The minimum absolute atomic E-state index is 0.00704. The molecule has 0 bridgehead atoms. The summed E-state index contributed by atoms with van der Waals surface area (Å²) in [6, 6.07) is 2.62. The van der Waals surface area contributed by atoms with Crippen molar-refractivity contribution in [3.05, 3.63) is 35.1 Å². The summed E-state index contributed by atoms with van der Waals surface area (Å²) in [5, 5.41) is 3.70. The van der Waals surface area contributed by atoms with Gasteiger partial charge in [0.2, 0.25) is 5.95 Å². The van der Waals surface area contributed by atoms with Crippen molar-refractivity contribution in [3.8, 4) is 22.8 Å². The predicted octanol–water partition coefficient (Wildman–Crippen LogP) is 3.30. The van der Waals surface area contributed by atoms with E-state index < -0.39 is 17.2 Å². The molecule has 1 aliphatic heterocycles. The first-order valence-electron chi connectivity index (χ1n) is 10.5. The predicted molar refractivity (Wildman–Crippen MR) is 123 cm³/mol. The number of pyridine rings is 1. The Kier molecular flexibility index (Phi) is 7.06. The fourth-order valence-electron chi connectivity index (χ4n) is 3.72. The normalized spacial score (nSPS) is 15.1. The zero-order valence-electron chi connectivity index (χ0n) is 18.7. The molecule has 3 heterocycles. The average Bonchev–Trinajstić information content (AvgIpc) is 2.81. The van der Waals surface area contributed by atoms with Crippen LogP contribution in [0, 0.1) is 11.6 Å². The monoisotopic (exact) mass is 478 g/mol. The Balaban J connectivity index is 1.58. The minimum Gasteiger partial charge on any atom is -0.494 e. The van der Waals surface area contributed by atoms with E-state index >= 15 is 0 Å². The minimum atomic E-state index is -0.901. The van der Waals surface area contributed by atoms with Gasteiger partial charge < -0.3 is 19.7 Å². The van der Waals surface area contributed by atoms with Gasteiger partial charge in [0, 0.05) is 56.9 Å². The first-order chi connectivity index (χ1) is 15.9. The summed E-state index contributed by atoms with van der Waals surface area (Å²) in [7, 11) is 4.69. The van der Waals surface area contributed by atoms with E-state index in [9.17, 15) is 8.78 Å². The van der Waals surface area contributed by atoms with E-state index in [1.807, 2.05) is 0 Å². The number of hydrogen-bond donors (Lipinski definition) is 1. The quantitative estimate of drug-likeness (QED) is 0.518. The maximum Gasteiger partial charge on any atom is 0.223 e. The van der Waals surface area contributed by atoms with Crippen LogP contribution in [0.4, 0.5) is 14.7 Å². The number of nitrogens with one attached hydrogen (secondary N) is 1. The van der Waals surface area contributed by atoms with Crippen LogP contribution in [-0.4, -0.2) is 85.3 Å². The Bertz CT molecular complexity index is 1130. The number of benzene rings is 1. The number of fused-ring (bicyclic) bond motifs is 1. The number of hydrogen-bond acceptors (Lipinski definition) is 8. The fraction of sp³-hybridized carbons (Fsp3) is 0.409. The standard InChI is InChI=1S/C22H25ClF2N6O2/c1-30-6-8-31(9-7-30)5-4-26-22-27-12-13-10-14(28-21(23)20(13)29-22)17-18(24)15(32-2)11-16(33-3)19(17)25/h10-12H,4-9H2,1-3H3,(H,26,27,29). The van der Waals surface area contributed by atoms with Crippen LogP contribution in [0.3, 0.4) is 0 Å². The van der Waals surface area contributed by atoms with Crippen molar-refractivity contribution in [2.24, 2.45) is 0 Å². The van der Waals surface area contributed by atoms with Gasteiger partial charge in [-0.15, -0.1) is 0 Å². The van der Waals surface area contributed by atoms with Crippen molar-refractivity contribution in [2.45, 2.75) is 0 Å². The molecule has 176 valence electrons. The largest absolute Gasteiger partial charge is 0.494 e. The Morgan fingerprint density at radius 3 is 2.33 bits per heavy atom. The van der Waals surface area contributed by atoms with Gasteiger partial charge >= 0.3 is 0 Å². The fourth-order valence-corrected chi connectivity index (χ4v) is 3.96. The molecule has 0 spiro atoms. The van der Waals surface area contributed by atoms with E-state index in [0.717, 1.165) is 38.8 Å². The lowest BCUT2D eigenvalue weighted by Crippen LogP contribution is -2.45. The number of ether oxygens (including phenoxy) is 2. The van der Waals surface area contributed by atoms with Crippen LogP contribution in [0.25, 0.3) is 22.2 Å². The molecule has 0 radical (unpaired) electrons. The van der Waals surface area contributed by atoms with Crippen LogP contribution in [0.15, 0.2) is 18.3 Å². The summed E-state index contributed by atoms with van der Waals surface area (Å²) in [5.74, 6) is -1.73. The van der Waals surface area contributed by atoms with Crippen LogP contribution < -0.4 is 14.8 Å². The molecule has 4 rings (SSSR count). The van der Waals surface area contributed by atoms with Gasteiger partial charge in [-0.3, -0.25) is 4.90 Å². The Morgan fingerprint density at radius 1 is 1.03 bits per heavy atom. The summed E-state index contributed by atoms with van der Waals surface area (Å²) in [6.45, 7) is 5.70. The molecule has 1 fully saturated rings. The van der Waals surface area contributed by atoms with Gasteiger partial charge in [0.15, 0.2) is 28.3 Å². The third-order valence-corrected chi connectivity index (χ3v) is 5.92. The zero-order chi connectivity index (χ0) is 23.5. The molecule has 0 unspecified atom stereocenters. The van der Waals surface area contributed by atoms with Crippen LogP contribution >= 0.6 is 11.6 Å². The molecule has 1 aromatic carbocycles. The highest BCUT2D eigenvalue weighted by Crippen LogP contribution is 2.38. The van der Waals surface area contributed by atoms with E-state index in [0.29, 0.717) is 23.4 Å². The Hall–Kier alpha value is -2.82. The second-order valence-corrected chi connectivity index (χ2v) is 8.14. The van der Waals surface area contributed by atoms with E-state index in [1.165, 1.54) is 20.3 Å². The van der Waals surface area contributed by atoms with E-state index in [2.05, 4.69) is 37.1 Å². The lowest BCUT2D eigenvalue weighted by molar-refractivity contribution is 0.158. The SMILES string of the molecule is COc1cc(OC)c(F)c(-c2cc3cnc(NCCN4CCN(C)CC4)nc3c(Cl)n2)c1F. The molecule has 1 aliphatic rings. The molecule has 1 N–H and O–H groups in total. The average molecular weight is 479 g/mol. The molecule has 33 heavy (non-hydrogen) atoms. The number of aromatic nitrogens is 3. The summed E-state index contributed by atoms with van der Waals surface area (Å²) >= 11 is 6.36. The second-order valence-electron chi connectivity index (χ2n) is 7.79. The first kappa shape index (κ1) is 23.3. The molecule has 0 saturated carbocycles. The lowest BCUT2D eigenvalue weighted by Gasteiger charge is -2.32. The number of rotatable bonds is 7. The number of nitrogens with zero attached hydrogens (tertiary/aromatic N) is 5. The van der Waals surface area contributed by atoms with Crippen LogP contribution in [0.2, 0.25) is 5.15 Å². The maximum absolute atomic E-state index is 14.9.